The minimum atomic E-state index is -3.39. The van der Waals surface area contributed by atoms with Crippen LogP contribution in [-0.2, 0) is 24.9 Å². The first kappa shape index (κ1) is 21.9. The minimum Gasteiger partial charge on any atom is -0.283 e. The predicted octanol–water partition coefficient (Wildman–Crippen LogP) is 1.87. The van der Waals surface area contributed by atoms with E-state index in [1.165, 1.54) is 42.5 Å². The summed E-state index contributed by atoms with van der Waals surface area (Å²) in [6.07, 6.45) is 6.85. The summed E-state index contributed by atoms with van der Waals surface area (Å²) in [6.45, 7) is 1.60. The third kappa shape index (κ3) is 4.50. The molecule has 1 atom stereocenters. The number of hydrogen-bond donors (Lipinski definition) is 1. The monoisotopic (exact) mass is 467 g/mol. The Bertz CT molecular complexity index is 1330. The van der Waals surface area contributed by atoms with E-state index in [9.17, 15) is 26.4 Å². The van der Waals surface area contributed by atoms with Crippen molar-refractivity contribution in [2.45, 2.75) is 11.8 Å². The number of hydrogen-bond acceptors (Lipinski definition) is 8. The summed E-state index contributed by atoms with van der Waals surface area (Å²) in [4.78, 5) is 30.6. The van der Waals surface area contributed by atoms with E-state index in [0.29, 0.717) is 10.2 Å². The molecule has 12 heteroatoms. The number of fused-ring (bicyclic) bond motifs is 1. The number of nitrogens with one attached hydrogen (secondary N) is 1. The lowest BCUT2D eigenvalue weighted by molar-refractivity contribution is -0.128. The lowest BCUT2D eigenvalue weighted by Crippen LogP contribution is -2.44. The van der Waals surface area contributed by atoms with E-state index in [1.54, 1.807) is 6.92 Å². The van der Waals surface area contributed by atoms with Crippen molar-refractivity contribution in [2.75, 3.05) is 18.1 Å². The molecule has 0 aliphatic heterocycles. The van der Waals surface area contributed by atoms with Gasteiger partial charge in [-0.15, -0.1) is 0 Å². The number of thiazole rings is 1. The third-order valence-electron chi connectivity index (χ3n) is 4.27. The van der Waals surface area contributed by atoms with Crippen LogP contribution in [0.3, 0.4) is 0 Å². The van der Waals surface area contributed by atoms with Gasteiger partial charge in [0, 0.05) is 12.8 Å². The number of allylic oxidation sites excluding steroid dienone is 3. The highest BCUT2D eigenvalue weighted by Crippen LogP contribution is 2.28. The zero-order valence-corrected chi connectivity index (χ0v) is 18.3. The Labute approximate surface area is 178 Å². The van der Waals surface area contributed by atoms with Crippen molar-refractivity contribution in [3.63, 3.8) is 0 Å². The maximum absolute atomic E-state index is 12.8. The van der Waals surface area contributed by atoms with Crippen LogP contribution in [0.2, 0.25) is 0 Å². The molecule has 2 aromatic rings. The van der Waals surface area contributed by atoms with Crippen molar-refractivity contribution in [3.05, 3.63) is 42.5 Å². The molecule has 1 aliphatic carbocycles. The topological polar surface area (TPSA) is 131 Å². The number of benzene rings is 1. The Balaban J connectivity index is 1.85. The van der Waals surface area contributed by atoms with E-state index in [0.717, 1.165) is 22.5 Å². The lowest BCUT2D eigenvalue weighted by Gasteiger charge is -2.23. The molecule has 1 heterocycles. The fourth-order valence-corrected chi connectivity index (χ4v) is 5.00. The molecule has 158 valence electrons. The van der Waals surface area contributed by atoms with Crippen LogP contribution in [0.15, 0.2) is 47.4 Å². The molecule has 1 N–H and O–H groups in total. The molecule has 0 radical (unpaired) electrons. The van der Waals surface area contributed by atoms with E-state index in [4.69, 9.17) is 0 Å². The van der Waals surface area contributed by atoms with Gasteiger partial charge >= 0.3 is 6.03 Å². The normalized spacial score (nSPS) is 15.9. The van der Waals surface area contributed by atoms with Crippen LogP contribution in [0.5, 0.6) is 0 Å². The van der Waals surface area contributed by atoms with E-state index in [2.05, 4.69) is 10.3 Å². The average Bonchev–Trinajstić information content (AvgIpc) is 3.09. The Kier molecular flexibility index (Phi) is 6.19. The molecule has 1 unspecified atom stereocenters. The Morgan fingerprint density at radius 1 is 1.27 bits per heavy atom. The second-order valence-electron chi connectivity index (χ2n) is 6.29. The fourth-order valence-electron chi connectivity index (χ4n) is 2.80. The molecular formula is C18H17N3O6S3. The molecule has 1 aliphatic rings. The lowest BCUT2D eigenvalue weighted by atomic mass is 9.99. The number of amides is 3. The summed E-state index contributed by atoms with van der Waals surface area (Å²) in [7, 11) is -5.99. The zero-order valence-electron chi connectivity index (χ0n) is 15.9. The van der Waals surface area contributed by atoms with Crippen LogP contribution in [0.1, 0.15) is 6.92 Å². The molecule has 30 heavy (non-hydrogen) atoms. The summed E-state index contributed by atoms with van der Waals surface area (Å²) in [5.74, 6) is -1.78. The van der Waals surface area contributed by atoms with Gasteiger partial charge in [0.25, 0.3) is 0 Å². The molecule has 1 aromatic carbocycles. The number of anilines is 1. The molecule has 3 rings (SSSR count). The predicted molar refractivity (Wildman–Crippen MR) is 115 cm³/mol. The van der Waals surface area contributed by atoms with Crippen molar-refractivity contribution < 1.29 is 26.4 Å². The SMILES string of the molecule is CCN(C(=O)Nc1nc2ccc(S(C)(=O)=O)cc2s1)C(=O)C1C=CC=CC1=S(=O)=O. The zero-order chi connectivity index (χ0) is 22.1. The quantitative estimate of drug-likeness (QED) is 0.679. The molecule has 9 nitrogen and oxygen atoms in total. The maximum atomic E-state index is 12.8. The highest BCUT2D eigenvalue weighted by atomic mass is 32.2. The van der Waals surface area contributed by atoms with E-state index >= 15 is 0 Å². The average molecular weight is 468 g/mol. The minimum absolute atomic E-state index is 0.0145. The number of carbonyl (C=O) groups excluding carboxylic acids is 2. The van der Waals surface area contributed by atoms with Gasteiger partial charge in [0.05, 0.1) is 25.9 Å². The number of urea groups is 1. The molecule has 3 amide bonds. The van der Waals surface area contributed by atoms with Crippen molar-refractivity contribution in [1.82, 2.24) is 9.88 Å². The van der Waals surface area contributed by atoms with Gasteiger partial charge in [-0.05, 0) is 31.2 Å². The first-order valence-electron chi connectivity index (χ1n) is 8.65. The van der Waals surface area contributed by atoms with E-state index in [-0.39, 0.29) is 21.4 Å². The smallest absolute Gasteiger partial charge is 0.283 e. The third-order valence-corrected chi connectivity index (χ3v) is 7.09. The molecule has 0 saturated heterocycles. The largest absolute Gasteiger partial charge is 0.330 e. The Morgan fingerprint density at radius 2 is 2.00 bits per heavy atom. The van der Waals surface area contributed by atoms with Crippen LogP contribution >= 0.6 is 11.3 Å². The number of aromatic nitrogens is 1. The summed E-state index contributed by atoms with van der Waals surface area (Å²) in [5.41, 5.74) is 0.495. The van der Waals surface area contributed by atoms with Gasteiger partial charge in [-0.1, -0.05) is 29.6 Å². The molecule has 0 spiro atoms. The molecular weight excluding hydrogens is 450 g/mol. The highest BCUT2D eigenvalue weighted by Gasteiger charge is 2.31. The number of imide groups is 1. The van der Waals surface area contributed by atoms with Crippen molar-refractivity contribution in [3.8, 4) is 0 Å². The van der Waals surface area contributed by atoms with Crippen molar-refractivity contribution in [2.24, 2.45) is 5.92 Å². The Hall–Kier alpha value is -2.83. The molecule has 1 aromatic heterocycles. The number of rotatable bonds is 4. The highest BCUT2D eigenvalue weighted by molar-refractivity contribution is 7.90. The van der Waals surface area contributed by atoms with Crippen molar-refractivity contribution in [1.29, 1.82) is 0 Å². The maximum Gasteiger partial charge on any atom is 0.330 e. The fraction of sp³-hybridized carbons (Fsp3) is 0.222. The molecule has 0 saturated carbocycles. The summed E-state index contributed by atoms with van der Waals surface area (Å²) >= 11 is 1.06. The first-order chi connectivity index (χ1) is 14.1. The summed E-state index contributed by atoms with van der Waals surface area (Å²) < 4.78 is 46.7. The van der Waals surface area contributed by atoms with Crippen LogP contribution in [0.4, 0.5) is 9.93 Å². The van der Waals surface area contributed by atoms with Crippen LogP contribution in [0.25, 0.3) is 10.2 Å². The van der Waals surface area contributed by atoms with Gasteiger partial charge in [-0.3, -0.25) is 15.0 Å². The second kappa shape index (κ2) is 8.50. The van der Waals surface area contributed by atoms with Gasteiger partial charge in [-0.2, -0.15) is 8.42 Å². The summed E-state index contributed by atoms with van der Waals surface area (Å²) in [5, 5.41) is 2.71. The van der Waals surface area contributed by atoms with Crippen LogP contribution < -0.4 is 5.32 Å². The summed E-state index contributed by atoms with van der Waals surface area (Å²) in [6, 6.07) is 3.66. The number of carbonyl (C=O) groups is 2. The standard InChI is InChI=1S/C18H17N3O6S3/c1-3-21(16(22)12-6-4-5-7-15(12)29(24)25)18(23)20-17-19-13-9-8-11(30(2,26)27)10-14(13)28-17/h4-10,12H,3H2,1-2H3,(H,19,20,23). The van der Waals surface area contributed by atoms with Gasteiger partial charge in [0.2, 0.25) is 16.2 Å². The Morgan fingerprint density at radius 3 is 2.63 bits per heavy atom. The molecule has 0 bridgehead atoms. The van der Waals surface area contributed by atoms with E-state index in [1.807, 2.05) is 0 Å². The second-order valence-corrected chi connectivity index (χ2v) is 10.3. The van der Waals surface area contributed by atoms with Crippen LogP contribution in [-0.4, -0.2) is 56.3 Å². The molecule has 0 fully saturated rings. The number of nitrogens with zero attached hydrogens (tertiary/aromatic N) is 2. The van der Waals surface area contributed by atoms with Gasteiger partial charge in [-0.25, -0.2) is 18.2 Å². The van der Waals surface area contributed by atoms with Crippen molar-refractivity contribution >= 4 is 63.6 Å². The van der Waals surface area contributed by atoms with E-state index < -0.39 is 38.0 Å². The van der Waals surface area contributed by atoms with Crippen LogP contribution in [0, 0.1) is 5.92 Å². The number of sulfone groups is 1. The van der Waals surface area contributed by atoms with Gasteiger partial charge < -0.3 is 0 Å². The van der Waals surface area contributed by atoms with Gasteiger partial charge in [0.15, 0.2) is 15.0 Å². The first-order valence-corrected chi connectivity index (χ1v) is 12.4. The van der Waals surface area contributed by atoms with Gasteiger partial charge in [0.1, 0.15) is 0 Å².